The minimum atomic E-state index is -0.833. The van der Waals surface area contributed by atoms with E-state index in [1.807, 2.05) is 24.3 Å². The lowest BCUT2D eigenvalue weighted by atomic mass is 10.2. The van der Waals surface area contributed by atoms with Gasteiger partial charge in [-0.3, -0.25) is 0 Å². The van der Waals surface area contributed by atoms with Gasteiger partial charge in [-0.15, -0.1) is 0 Å². The molecule has 4 heteroatoms. The smallest absolute Gasteiger partial charge is 0.159 e. The van der Waals surface area contributed by atoms with Crippen LogP contribution in [0.3, 0.4) is 0 Å². The van der Waals surface area contributed by atoms with Gasteiger partial charge in [-0.25, -0.2) is 8.78 Å². The summed E-state index contributed by atoms with van der Waals surface area (Å²) in [5.74, 6) is -1.67. The average Bonchev–Trinajstić information content (AvgIpc) is 2.34. The summed E-state index contributed by atoms with van der Waals surface area (Å²) in [6.45, 7) is 0.423. The molecule has 1 nitrogen and oxygen atoms in total. The molecule has 0 unspecified atom stereocenters. The van der Waals surface area contributed by atoms with Gasteiger partial charge in [0.25, 0.3) is 0 Å². The summed E-state index contributed by atoms with van der Waals surface area (Å²) in [7, 11) is 0. The Hall–Kier alpha value is -1.39. The molecule has 0 aliphatic heterocycles. The molecule has 0 amide bonds. The SMILES string of the molecule is NCc1ccccc1Sc1ccc(F)c(F)c1. The molecule has 0 saturated carbocycles. The Kier molecular flexibility index (Phi) is 3.76. The van der Waals surface area contributed by atoms with Crippen molar-refractivity contribution in [2.24, 2.45) is 5.73 Å². The summed E-state index contributed by atoms with van der Waals surface area (Å²) in [4.78, 5) is 1.62. The molecule has 88 valence electrons. The third kappa shape index (κ3) is 2.84. The fraction of sp³-hybridized carbons (Fsp3) is 0.0769. The topological polar surface area (TPSA) is 26.0 Å². The van der Waals surface area contributed by atoms with Crippen molar-refractivity contribution >= 4 is 11.8 Å². The minimum Gasteiger partial charge on any atom is -0.326 e. The summed E-state index contributed by atoms with van der Waals surface area (Å²) in [5.41, 5.74) is 6.60. The largest absolute Gasteiger partial charge is 0.326 e. The van der Waals surface area contributed by atoms with E-state index in [2.05, 4.69) is 0 Å². The molecule has 0 atom stereocenters. The fourth-order valence-electron chi connectivity index (χ4n) is 1.44. The highest BCUT2D eigenvalue weighted by molar-refractivity contribution is 7.99. The Morgan fingerprint density at radius 3 is 2.47 bits per heavy atom. The number of rotatable bonds is 3. The maximum Gasteiger partial charge on any atom is 0.159 e. The number of hydrogen-bond acceptors (Lipinski definition) is 2. The predicted octanol–water partition coefficient (Wildman–Crippen LogP) is 3.57. The van der Waals surface area contributed by atoms with Gasteiger partial charge < -0.3 is 5.73 Å². The van der Waals surface area contributed by atoms with Gasteiger partial charge in [0.05, 0.1) is 0 Å². The number of nitrogens with two attached hydrogens (primary N) is 1. The van der Waals surface area contributed by atoms with Crippen molar-refractivity contribution in [1.29, 1.82) is 0 Å². The van der Waals surface area contributed by atoms with Crippen molar-refractivity contribution in [2.75, 3.05) is 0 Å². The molecule has 2 rings (SSSR count). The second-order valence-electron chi connectivity index (χ2n) is 3.49. The molecule has 0 heterocycles. The van der Waals surface area contributed by atoms with Crippen molar-refractivity contribution in [1.82, 2.24) is 0 Å². The zero-order valence-electron chi connectivity index (χ0n) is 8.99. The first-order valence-electron chi connectivity index (χ1n) is 5.11. The monoisotopic (exact) mass is 251 g/mol. The van der Waals surface area contributed by atoms with Crippen molar-refractivity contribution in [2.45, 2.75) is 16.3 Å². The van der Waals surface area contributed by atoms with Crippen molar-refractivity contribution in [3.05, 3.63) is 59.7 Å². The Bertz CT molecular complexity index is 529. The summed E-state index contributed by atoms with van der Waals surface area (Å²) in [5, 5.41) is 0. The van der Waals surface area contributed by atoms with Crippen molar-refractivity contribution in [3.8, 4) is 0 Å². The van der Waals surface area contributed by atoms with Gasteiger partial charge >= 0.3 is 0 Å². The molecule has 0 saturated heterocycles. The average molecular weight is 251 g/mol. The van der Waals surface area contributed by atoms with Crippen LogP contribution in [0.4, 0.5) is 8.78 Å². The van der Waals surface area contributed by atoms with Crippen LogP contribution in [-0.2, 0) is 6.54 Å². The highest BCUT2D eigenvalue weighted by atomic mass is 32.2. The third-order valence-corrected chi connectivity index (χ3v) is 3.42. The maximum absolute atomic E-state index is 13.1. The summed E-state index contributed by atoms with van der Waals surface area (Å²) < 4.78 is 25.8. The standard InChI is InChI=1S/C13H11F2NS/c14-11-6-5-10(7-12(11)15)17-13-4-2-1-3-9(13)8-16/h1-7H,8,16H2. The van der Waals surface area contributed by atoms with E-state index in [9.17, 15) is 8.78 Å². The molecule has 0 aliphatic rings. The molecule has 0 spiro atoms. The van der Waals surface area contributed by atoms with Crippen LogP contribution in [0.1, 0.15) is 5.56 Å². The van der Waals surface area contributed by atoms with Crippen LogP contribution >= 0.6 is 11.8 Å². The van der Waals surface area contributed by atoms with Crippen molar-refractivity contribution < 1.29 is 8.78 Å². The minimum absolute atomic E-state index is 0.423. The van der Waals surface area contributed by atoms with Crippen LogP contribution < -0.4 is 5.73 Å². The van der Waals surface area contributed by atoms with Gasteiger partial charge in [-0.2, -0.15) is 0 Å². The van der Waals surface area contributed by atoms with Gasteiger partial charge in [0.1, 0.15) is 0 Å². The zero-order valence-corrected chi connectivity index (χ0v) is 9.81. The lowest BCUT2D eigenvalue weighted by Crippen LogP contribution is -1.97. The molecular formula is C13H11F2NS. The Balaban J connectivity index is 2.28. The Morgan fingerprint density at radius 1 is 1.00 bits per heavy atom. The molecule has 2 N–H and O–H groups in total. The van der Waals surface area contributed by atoms with Gasteiger partial charge in [-0.05, 0) is 29.8 Å². The molecule has 0 bridgehead atoms. The summed E-state index contributed by atoms with van der Waals surface area (Å²) >= 11 is 1.37. The summed E-state index contributed by atoms with van der Waals surface area (Å²) in [6.07, 6.45) is 0. The number of benzene rings is 2. The van der Waals surface area contributed by atoms with E-state index in [0.29, 0.717) is 11.4 Å². The normalized spacial score (nSPS) is 10.5. The third-order valence-electron chi connectivity index (χ3n) is 2.31. The number of halogens is 2. The molecule has 0 radical (unpaired) electrons. The van der Waals surface area contributed by atoms with E-state index in [4.69, 9.17) is 5.73 Å². The first kappa shape index (κ1) is 12.1. The van der Waals surface area contributed by atoms with Gasteiger partial charge in [0, 0.05) is 16.3 Å². The second kappa shape index (κ2) is 5.29. The van der Waals surface area contributed by atoms with E-state index in [0.717, 1.165) is 16.5 Å². The Morgan fingerprint density at radius 2 is 1.76 bits per heavy atom. The molecule has 17 heavy (non-hydrogen) atoms. The molecular weight excluding hydrogens is 240 g/mol. The molecule has 2 aromatic carbocycles. The van der Waals surface area contributed by atoms with E-state index in [1.54, 1.807) is 6.07 Å². The van der Waals surface area contributed by atoms with Crippen LogP contribution in [0.15, 0.2) is 52.3 Å². The highest BCUT2D eigenvalue weighted by Gasteiger charge is 2.06. The number of hydrogen-bond donors (Lipinski definition) is 1. The van der Waals surface area contributed by atoms with E-state index in [1.165, 1.54) is 17.8 Å². The van der Waals surface area contributed by atoms with Crippen LogP contribution in [0.5, 0.6) is 0 Å². The molecule has 2 aromatic rings. The van der Waals surface area contributed by atoms with E-state index in [-0.39, 0.29) is 0 Å². The second-order valence-corrected chi connectivity index (χ2v) is 4.61. The van der Waals surface area contributed by atoms with Crippen LogP contribution in [0.25, 0.3) is 0 Å². The highest BCUT2D eigenvalue weighted by Crippen LogP contribution is 2.30. The van der Waals surface area contributed by atoms with Crippen LogP contribution in [0, 0.1) is 11.6 Å². The lowest BCUT2D eigenvalue weighted by molar-refractivity contribution is 0.506. The molecule has 0 fully saturated rings. The van der Waals surface area contributed by atoms with E-state index >= 15 is 0 Å². The predicted molar refractivity (Wildman–Crippen MR) is 64.8 cm³/mol. The summed E-state index contributed by atoms with van der Waals surface area (Å²) in [6, 6.07) is 11.5. The van der Waals surface area contributed by atoms with Crippen LogP contribution in [0.2, 0.25) is 0 Å². The first-order chi connectivity index (χ1) is 8.20. The van der Waals surface area contributed by atoms with Gasteiger partial charge in [0.2, 0.25) is 0 Å². The van der Waals surface area contributed by atoms with Gasteiger partial charge in [0.15, 0.2) is 11.6 Å². The first-order valence-corrected chi connectivity index (χ1v) is 5.93. The fourth-order valence-corrected chi connectivity index (χ4v) is 2.42. The quantitative estimate of drug-likeness (QED) is 0.902. The molecule has 0 aliphatic carbocycles. The zero-order chi connectivity index (χ0) is 12.3. The maximum atomic E-state index is 13.1. The Labute approximate surface area is 103 Å². The van der Waals surface area contributed by atoms with Crippen LogP contribution in [-0.4, -0.2) is 0 Å². The van der Waals surface area contributed by atoms with Gasteiger partial charge in [-0.1, -0.05) is 30.0 Å². The van der Waals surface area contributed by atoms with E-state index < -0.39 is 11.6 Å². The lowest BCUT2D eigenvalue weighted by Gasteiger charge is -2.07. The molecule has 0 aromatic heterocycles. The van der Waals surface area contributed by atoms with Crippen molar-refractivity contribution in [3.63, 3.8) is 0 Å².